The van der Waals surface area contributed by atoms with Gasteiger partial charge >= 0.3 is 0 Å². The number of carbonyl (C=O) groups excluding carboxylic acids is 1. The van der Waals surface area contributed by atoms with Gasteiger partial charge in [-0.05, 0) is 48.0 Å². The molecule has 2 aromatic carbocycles. The van der Waals surface area contributed by atoms with Crippen LogP contribution in [0.2, 0.25) is 5.02 Å². The Bertz CT molecular complexity index is 749. The molecule has 25 heavy (non-hydrogen) atoms. The molecule has 132 valence electrons. The van der Waals surface area contributed by atoms with Crippen LogP contribution in [-0.4, -0.2) is 32.4 Å². The number of hydrogen-bond donors (Lipinski definition) is 1. The zero-order valence-corrected chi connectivity index (χ0v) is 14.8. The lowest BCUT2D eigenvalue weighted by Gasteiger charge is -2.14. The van der Waals surface area contributed by atoms with Crippen LogP contribution in [0.1, 0.15) is 5.56 Å². The number of methoxy groups -OCH3 is 3. The van der Waals surface area contributed by atoms with Gasteiger partial charge in [-0.15, -0.1) is 0 Å². The van der Waals surface area contributed by atoms with Crippen molar-refractivity contribution >= 4 is 29.3 Å². The summed E-state index contributed by atoms with van der Waals surface area (Å²) in [5.74, 6) is 0.773. The van der Waals surface area contributed by atoms with Gasteiger partial charge in [0.25, 0.3) is 5.91 Å². The number of nitrogens with zero attached hydrogens (tertiary/aromatic N) is 1. The van der Waals surface area contributed by atoms with Crippen LogP contribution in [-0.2, 0) is 4.79 Å². The minimum atomic E-state index is -0.615. The molecular weight excluding hydrogens is 346 g/mol. The van der Waals surface area contributed by atoms with Crippen molar-refractivity contribution in [3.8, 4) is 17.2 Å². The average Bonchev–Trinajstić information content (AvgIpc) is 2.64. The van der Waals surface area contributed by atoms with Crippen molar-refractivity contribution < 1.29 is 24.2 Å². The number of hydroxylamine groups is 1. The van der Waals surface area contributed by atoms with Crippen LogP contribution in [0.25, 0.3) is 6.08 Å². The van der Waals surface area contributed by atoms with Gasteiger partial charge in [0.1, 0.15) is 0 Å². The maximum absolute atomic E-state index is 12.1. The summed E-state index contributed by atoms with van der Waals surface area (Å²) >= 11 is 5.79. The fourth-order valence-electron chi connectivity index (χ4n) is 2.15. The zero-order valence-electron chi connectivity index (χ0n) is 14.0. The smallest absolute Gasteiger partial charge is 0.274 e. The van der Waals surface area contributed by atoms with Gasteiger partial charge < -0.3 is 14.2 Å². The maximum atomic E-state index is 12.1. The van der Waals surface area contributed by atoms with Gasteiger partial charge in [0, 0.05) is 11.1 Å². The number of hydrogen-bond acceptors (Lipinski definition) is 5. The summed E-state index contributed by atoms with van der Waals surface area (Å²) in [6, 6.07) is 9.61. The standard InChI is InChI=1S/C18H18ClNO5/c1-23-15-10-12(11-16(24-2)18(15)25-3)4-9-17(21)20(22)14-7-5-13(19)6-8-14/h4-11,22H,1-3H3/b9-4+. The summed E-state index contributed by atoms with van der Waals surface area (Å²) in [4.78, 5) is 12.1. The first-order valence-corrected chi connectivity index (χ1v) is 7.64. The molecule has 0 radical (unpaired) electrons. The average molecular weight is 364 g/mol. The summed E-state index contributed by atoms with van der Waals surface area (Å²) in [5, 5.41) is 11.0. The van der Waals surface area contributed by atoms with Crippen molar-refractivity contribution in [2.75, 3.05) is 26.4 Å². The first kappa shape index (κ1) is 18.6. The SMILES string of the molecule is COc1cc(/C=C/C(=O)N(O)c2ccc(Cl)cc2)cc(OC)c1OC. The quantitative estimate of drug-likeness (QED) is 0.480. The van der Waals surface area contributed by atoms with E-state index in [1.807, 2.05) is 0 Å². The largest absolute Gasteiger partial charge is 0.493 e. The number of halogens is 1. The van der Waals surface area contributed by atoms with E-state index in [-0.39, 0.29) is 0 Å². The molecule has 1 N–H and O–H groups in total. The molecule has 0 heterocycles. The molecule has 0 saturated heterocycles. The second kappa shape index (κ2) is 8.41. The van der Waals surface area contributed by atoms with Crippen molar-refractivity contribution in [3.05, 3.63) is 53.1 Å². The van der Waals surface area contributed by atoms with E-state index < -0.39 is 5.91 Å². The van der Waals surface area contributed by atoms with Gasteiger partial charge in [-0.25, -0.2) is 0 Å². The number of ether oxygens (including phenoxy) is 3. The fourth-order valence-corrected chi connectivity index (χ4v) is 2.27. The Morgan fingerprint density at radius 2 is 1.60 bits per heavy atom. The molecule has 0 spiro atoms. The van der Waals surface area contributed by atoms with Gasteiger partial charge in [0.15, 0.2) is 11.5 Å². The van der Waals surface area contributed by atoms with Crippen LogP contribution in [0.3, 0.4) is 0 Å². The van der Waals surface area contributed by atoms with E-state index in [9.17, 15) is 10.0 Å². The molecular formula is C18H18ClNO5. The molecule has 0 aromatic heterocycles. The molecule has 1 amide bonds. The van der Waals surface area contributed by atoms with Gasteiger partial charge in [-0.1, -0.05) is 11.6 Å². The number of amides is 1. The highest BCUT2D eigenvalue weighted by Crippen LogP contribution is 2.38. The predicted molar refractivity (Wildman–Crippen MR) is 95.9 cm³/mol. The highest BCUT2D eigenvalue weighted by molar-refractivity contribution is 6.30. The molecule has 0 bridgehead atoms. The number of anilines is 1. The van der Waals surface area contributed by atoms with Crippen molar-refractivity contribution in [1.29, 1.82) is 0 Å². The lowest BCUT2D eigenvalue weighted by molar-refractivity contribution is -0.118. The third-order valence-electron chi connectivity index (χ3n) is 3.39. The van der Waals surface area contributed by atoms with Crippen LogP contribution in [0.4, 0.5) is 5.69 Å². The molecule has 2 rings (SSSR count). The molecule has 0 atom stereocenters. The normalized spacial score (nSPS) is 10.6. The van der Waals surface area contributed by atoms with E-state index in [1.165, 1.54) is 45.6 Å². The monoisotopic (exact) mass is 363 g/mol. The van der Waals surface area contributed by atoms with E-state index in [0.29, 0.717) is 38.6 Å². The molecule has 2 aromatic rings. The molecule has 0 saturated carbocycles. The van der Waals surface area contributed by atoms with E-state index in [2.05, 4.69) is 0 Å². The first-order valence-electron chi connectivity index (χ1n) is 7.26. The minimum absolute atomic E-state index is 0.309. The van der Waals surface area contributed by atoms with Crippen molar-refractivity contribution in [3.63, 3.8) is 0 Å². The van der Waals surface area contributed by atoms with Gasteiger partial charge in [-0.2, -0.15) is 5.06 Å². The molecule has 0 aliphatic heterocycles. The van der Waals surface area contributed by atoms with Crippen molar-refractivity contribution in [2.24, 2.45) is 0 Å². The highest BCUT2D eigenvalue weighted by atomic mass is 35.5. The molecule has 0 aliphatic rings. The highest BCUT2D eigenvalue weighted by Gasteiger charge is 2.13. The fraction of sp³-hybridized carbons (Fsp3) is 0.167. The van der Waals surface area contributed by atoms with Crippen LogP contribution in [0.15, 0.2) is 42.5 Å². The minimum Gasteiger partial charge on any atom is -0.493 e. The molecule has 0 unspecified atom stereocenters. The summed E-state index contributed by atoms with van der Waals surface area (Å²) in [7, 11) is 4.52. The molecule has 6 nitrogen and oxygen atoms in total. The van der Waals surface area contributed by atoms with Gasteiger partial charge in [0.05, 0.1) is 27.0 Å². The van der Waals surface area contributed by atoms with Gasteiger partial charge in [-0.3, -0.25) is 10.0 Å². The Morgan fingerprint density at radius 3 is 2.08 bits per heavy atom. The number of rotatable bonds is 6. The van der Waals surface area contributed by atoms with Crippen LogP contribution >= 0.6 is 11.6 Å². The van der Waals surface area contributed by atoms with E-state index in [0.717, 1.165) is 0 Å². The first-order chi connectivity index (χ1) is 12.0. The Morgan fingerprint density at radius 1 is 1.04 bits per heavy atom. The maximum Gasteiger partial charge on any atom is 0.274 e. The third-order valence-corrected chi connectivity index (χ3v) is 3.64. The summed E-state index contributed by atoms with van der Waals surface area (Å²) < 4.78 is 15.8. The second-order valence-electron chi connectivity index (χ2n) is 4.92. The number of benzene rings is 2. The summed E-state index contributed by atoms with van der Waals surface area (Å²) in [6.07, 6.45) is 2.77. The molecule has 0 aliphatic carbocycles. The van der Waals surface area contributed by atoms with Crippen LogP contribution in [0, 0.1) is 0 Å². The lowest BCUT2D eigenvalue weighted by atomic mass is 10.1. The Balaban J connectivity index is 2.23. The van der Waals surface area contributed by atoms with Gasteiger partial charge in [0.2, 0.25) is 5.75 Å². The third kappa shape index (κ3) is 4.43. The van der Waals surface area contributed by atoms with E-state index in [4.69, 9.17) is 25.8 Å². The molecule has 0 fully saturated rings. The van der Waals surface area contributed by atoms with E-state index in [1.54, 1.807) is 24.3 Å². The Kier molecular flexibility index (Phi) is 6.27. The number of carbonyl (C=O) groups is 1. The van der Waals surface area contributed by atoms with E-state index >= 15 is 0 Å². The second-order valence-corrected chi connectivity index (χ2v) is 5.35. The Labute approximate surface area is 150 Å². The predicted octanol–water partition coefficient (Wildman–Crippen LogP) is 3.80. The zero-order chi connectivity index (χ0) is 18.4. The summed E-state index contributed by atoms with van der Waals surface area (Å²) in [5.41, 5.74) is 0.955. The van der Waals surface area contributed by atoms with Crippen molar-refractivity contribution in [2.45, 2.75) is 0 Å². The summed E-state index contributed by atoms with van der Waals surface area (Å²) in [6.45, 7) is 0. The van der Waals surface area contributed by atoms with Crippen LogP contribution in [0.5, 0.6) is 17.2 Å². The van der Waals surface area contributed by atoms with Crippen LogP contribution < -0.4 is 19.3 Å². The van der Waals surface area contributed by atoms with Crippen molar-refractivity contribution in [1.82, 2.24) is 0 Å². The molecule has 7 heteroatoms. The topological polar surface area (TPSA) is 68.2 Å². The Hall–Kier alpha value is -2.70. The lowest BCUT2D eigenvalue weighted by Crippen LogP contribution is -2.24.